The predicted molar refractivity (Wildman–Crippen MR) is 115 cm³/mol. The van der Waals surface area contributed by atoms with Crippen LogP contribution in [0.25, 0.3) is 0 Å². The molecule has 2 amide bonds. The molecule has 2 aliphatic rings. The first kappa shape index (κ1) is 22.9. The molecule has 0 radical (unpaired) electrons. The number of rotatable bonds is 6. The number of benzene rings is 1. The van der Waals surface area contributed by atoms with Gasteiger partial charge in [-0.2, -0.15) is 5.10 Å². The Bertz CT molecular complexity index is 1000. The molecule has 0 aromatic heterocycles. The van der Waals surface area contributed by atoms with Crippen molar-refractivity contribution in [3.8, 4) is 0 Å². The maximum Gasteiger partial charge on any atom is 0.355 e. The molecule has 168 valence electrons. The van der Waals surface area contributed by atoms with Crippen molar-refractivity contribution in [2.75, 3.05) is 16.8 Å². The molecular formula is C21H27N3O6S. The minimum Gasteiger partial charge on any atom is -0.448 e. The van der Waals surface area contributed by atoms with Crippen LogP contribution in [0.15, 0.2) is 29.4 Å². The van der Waals surface area contributed by atoms with Gasteiger partial charge in [0.05, 0.1) is 17.5 Å². The zero-order valence-electron chi connectivity index (χ0n) is 17.8. The molecule has 2 heterocycles. The van der Waals surface area contributed by atoms with Crippen LogP contribution in [-0.4, -0.2) is 60.6 Å². The van der Waals surface area contributed by atoms with Gasteiger partial charge < -0.3 is 10.1 Å². The predicted octanol–water partition coefficient (Wildman–Crippen LogP) is 1.85. The van der Waals surface area contributed by atoms with E-state index in [1.807, 2.05) is 12.1 Å². The molecule has 31 heavy (non-hydrogen) atoms. The second kappa shape index (κ2) is 9.17. The zero-order chi connectivity index (χ0) is 22.8. The summed E-state index contributed by atoms with van der Waals surface area (Å²) >= 11 is 0. The molecular weight excluding hydrogens is 422 g/mol. The summed E-state index contributed by atoms with van der Waals surface area (Å²) in [5, 5.41) is 7.85. The quantitative estimate of drug-likeness (QED) is 0.662. The van der Waals surface area contributed by atoms with Crippen LogP contribution in [0, 0.1) is 0 Å². The van der Waals surface area contributed by atoms with E-state index in [9.17, 15) is 22.8 Å². The average Bonchev–Trinajstić information content (AvgIpc) is 3.08. The highest BCUT2D eigenvalue weighted by Gasteiger charge is 2.37. The van der Waals surface area contributed by atoms with E-state index in [1.54, 1.807) is 12.1 Å². The first-order valence-corrected chi connectivity index (χ1v) is 12.1. The molecule has 0 unspecified atom stereocenters. The van der Waals surface area contributed by atoms with Gasteiger partial charge in [0.15, 0.2) is 15.9 Å². The third-order valence-corrected chi connectivity index (χ3v) is 7.10. The first-order chi connectivity index (χ1) is 14.6. The topological polar surface area (TPSA) is 122 Å². The molecule has 9 nitrogen and oxygen atoms in total. The number of ether oxygens (including phenoxy) is 1. The fraction of sp³-hybridized carbons (Fsp3) is 0.524. The average molecular weight is 450 g/mol. The van der Waals surface area contributed by atoms with E-state index in [-0.39, 0.29) is 42.4 Å². The van der Waals surface area contributed by atoms with Gasteiger partial charge in [-0.15, -0.1) is 0 Å². The lowest BCUT2D eigenvalue weighted by atomic mass is 10.0. The standard InChI is InChI=1S/C21H27N3O6S/c1-13(2)15-4-6-16(7-5-15)22-20(26)14(3)30-21(27)18-8-9-19(25)24(23-18)17-10-11-31(28,29)12-17/h4-7,13-14,17H,8-12H2,1-3H3,(H,22,26)/t14-,17+/m0/s1. The molecule has 3 rings (SSSR count). The summed E-state index contributed by atoms with van der Waals surface area (Å²) in [6.45, 7) is 5.60. The molecule has 1 aromatic rings. The fourth-order valence-corrected chi connectivity index (χ4v) is 5.14. The lowest BCUT2D eigenvalue weighted by Gasteiger charge is -2.27. The van der Waals surface area contributed by atoms with Gasteiger partial charge in [-0.3, -0.25) is 9.59 Å². The number of hydrazone groups is 1. The van der Waals surface area contributed by atoms with Gasteiger partial charge in [0.25, 0.3) is 5.91 Å². The van der Waals surface area contributed by atoms with Gasteiger partial charge in [-0.1, -0.05) is 26.0 Å². The summed E-state index contributed by atoms with van der Waals surface area (Å²) in [7, 11) is -3.21. The molecule has 1 aromatic carbocycles. The van der Waals surface area contributed by atoms with Gasteiger partial charge in [-0.05, 0) is 37.0 Å². The molecule has 0 aliphatic carbocycles. The third-order valence-electron chi connectivity index (χ3n) is 5.35. The molecule has 2 atom stereocenters. The molecule has 0 saturated carbocycles. The number of hydrogen-bond acceptors (Lipinski definition) is 7. The Labute approximate surface area is 181 Å². The fourth-order valence-electron chi connectivity index (χ4n) is 3.45. The normalized spacial score (nSPS) is 21.5. The van der Waals surface area contributed by atoms with Crippen molar-refractivity contribution in [1.29, 1.82) is 0 Å². The Hall–Kier alpha value is -2.75. The van der Waals surface area contributed by atoms with Crippen molar-refractivity contribution in [3.05, 3.63) is 29.8 Å². The summed E-state index contributed by atoms with van der Waals surface area (Å²) in [5.41, 5.74) is 1.73. The van der Waals surface area contributed by atoms with E-state index in [0.29, 0.717) is 11.6 Å². The Balaban J connectivity index is 1.61. The van der Waals surface area contributed by atoms with E-state index in [0.717, 1.165) is 10.6 Å². The van der Waals surface area contributed by atoms with E-state index in [2.05, 4.69) is 24.3 Å². The van der Waals surface area contributed by atoms with Gasteiger partial charge >= 0.3 is 5.97 Å². The Morgan fingerprint density at radius 3 is 2.42 bits per heavy atom. The number of amides is 2. The SMILES string of the molecule is CC(C)c1ccc(NC(=O)[C@H](C)OC(=O)C2=NN([C@@H]3CCS(=O)(=O)C3)C(=O)CC2)cc1. The maximum atomic E-state index is 12.5. The summed E-state index contributed by atoms with van der Waals surface area (Å²) in [5.74, 6) is -1.41. The summed E-state index contributed by atoms with van der Waals surface area (Å²) < 4.78 is 28.6. The van der Waals surface area contributed by atoms with Crippen LogP contribution < -0.4 is 5.32 Å². The number of nitrogens with zero attached hydrogens (tertiary/aromatic N) is 2. The molecule has 2 aliphatic heterocycles. The minimum absolute atomic E-state index is 0.00448. The van der Waals surface area contributed by atoms with Crippen LogP contribution in [0.4, 0.5) is 5.69 Å². The van der Waals surface area contributed by atoms with Crippen molar-refractivity contribution < 1.29 is 27.5 Å². The summed E-state index contributed by atoms with van der Waals surface area (Å²) in [6, 6.07) is 6.83. The second-order valence-electron chi connectivity index (χ2n) is 8.16. The Kier molecular flexibility index (Phi) is 6.78. The number of hydrogen-bond donors (Lipinski definition) is 1. The van der Waals surface area contributed by atoms with E-state index in [1.165, 1.54) is 6.92 Å². The summed E-state index contributed by atoms with van der Waals surface area (Å²) in [6.07, 6.45) is -0.668. The van der Waals surface area contributed by atoms with Crippen molar-refractivity contribution in [2.24, 2.45) is 5.10 Å². The minimum atomic E-state index is -3.21. The smallest absolute Gasteiger partial charge is 0.355 e. The van der Waals surface area contributed by atoms with Gasteiger partial charge in [0.2, 0.25) is 5.91 Å². The molecule has 1 fully saturated rings. The highest BCUT2D eigenvalue weighted by molar-refractivity contribution is 7.91. The number of nitrogens with one attached hydrogen (secondary N) is 1. The van der Waals surface area contributed by atoms with Crippen molar-refractivity contribution >= 4 is 39.0 Å². The first-order valence-electron chi connectivity index (χ1n) is 10.3. The number of carbonyl (C=O) groups excluding carboxylic acids is 3. The van der Waals surface area contributed by atoms with Crippen molar-refractivity contribution in [2.45, 2.75) is 58.1 Å². The molecule has 0 spiro atoms. The molecule has 1 N–H and O–H groups in total. The molecule has 1 saturated heterocycles. The van der Waals surface area contributed by atoms with Crippen molar-refractivity contribution in [1.82, 2.24) is 5.01 Å². The van der Waals surface area contributed by atoms with E-state index >= 15 is 0 Å². The van der Waals surface area contributed by atoms with E-state index in [4.69, 9.17) is 4.74 Å². The van der Waals surface area contributed by atoms with Crippen molar-refractivity contribution in [3.63, 3.8) is 0 Å². The van der Waals surface area contributed by atoms with E-state index < -0.39 is 33.9 Å². The Morgan fingerprint density at radius 1 is 1.16 bits per heavy atom. The zero-order valence-corrected chi connectivity index (χ0v) is 18.6. The maximum absolute atomic E-state index is 12.5. The van der Waals surface area contributed by atoms with Gasteiger partial charge in [0.1, 0.15) is 5.71 Å². The lowest BCUT2D eigenvalue weighted by molar-refractivity contribution is -0.147. The lowest BCUT2D eigenvalue weighted by Crippen LogP contribution is -2.42. The number of carbonyl (C=O) groups is 3. The van der Waals surface area contributed by atoms with Crippen LogP contribution in [0.1, 0.15) is 51.5 Å². The van der Waals surface area contributed by atoms with Crippen LogP contribution in [-0.2, 0) is 29.0 Å². The second-order valence-corrected chi connectivity index (χ2v) is 10.4. The van der Waals surface area contributed by atoms with Crippen LogP contribution in [0.2, 0.25) is 0 Å². The van der Waals surface area contributed by atoms with Gasteiger partial charge in [-0.25, -0.2) is 18.2 Å². The monoisotopic (exact) mass is 449 g/mol. The Morgan fingerprint density at radius 2 is 1.84 bits per heavy atom. The van der Waals surface area contributed by atoms with Crippen LogP contribution in [0.3, 0.4) is 0 Å². The highest BCUT2D eigenvalue weighted by atomic mass is 32.2. The van der Waals surface area contributed by atoms with Crippen LogP contribution in [0.5, 0.6) is 0 Å². The number of anilines is 1. The number of esters is 1. The largest absolute Gasteiger partial charge is 0.448 e. The summed E-state index contributed by atoms with van der Waals surface area (Å²) in [4.78, 5) is 37.0. The van der Waals surface area contributed by atoms with Crippen LogP contribution >= 0.6 is 0 Å². The van der Waals surface area contributed by atoms with Gasteiger partial charge in [0, 0.05) is 18.5 Å². The number of sulfone groups is 1. The molecule has 10 heteroatoms. The highest BCUT2D eigenvalue weighted by Crippen LogP contribution is 2.23. The third kappa shape index (κ3) is 5.69. The molecule has 0 bridgehead atoms.